The number of benzene rings is 1. The Hall–Kier alpha value is -0.160. The van der Waals surface area contributed by atoms with Gasteiger partial charge in [0.05, 0.1) is 0 Å². The molecule has 0 saturated heterocycles. The van der Waals surface area contributed by atoms with E-state index in [1.807, 2.05) is 7.05 Å². The highest BCUT2D eigenvalue weighted by Crippen LogP contribution is 2.30. The molecule has 0 bridgehead atoms. The van der Waals surface area contributed by atoms with Crippen LogP contribution in [0.15, 0.2) is 32.5 Å². The van der Waals surface area contributed by atoms with Crippen molar-refractivity contribution >= 4 is 43.2 Å². The smallest absolute Gasteiger partial charge is 0.0366 e. The Labute approximate surface area is 135 Å². The minimum absolute atomic E-state index is 0.348. The predicted molar refractivity (Wildman–Crippen MR) is 91.1 cm³/mol. The van der Waals surface area contributed by atoms with E-state index < -0.39 is 0 Å². The molecule has 1 atom stereocenters. The van der Waals surface area contributed by atoms with Gasteiger partial charge in [0.1, 0.15) is 0 Å². The molecular weight excluding hydrogens is 386 g/mol. The summed E-state index contributed by atoms with van der Waals surface area (Å²) in [6.45, 7) is 4.29. The van der Waals surface area contributed by atoms with Gasteiger partial charge in [0.25, 0.3) is 0 Å². The van der Waals surface area contributed by atoms with Crippen LogP contribution in [0.25, 0.3) is 0 Å². The van der Waals surface area contributed by atoms with Gasteiger partial charge < -0.3 is 5.32 Å². The maximum atomic E-state index is 3.63. The molecule has 0 radical (unpaired) electrons. The summed E-state index contributed by atoms with van der Waals surface area (Å²) in [5.74, 6) is 0. The van der Waals surface area contributed by atoms with Gasteiger partial charge in [-0.05, 0) is 65.0 Å². The molecule has 1 heterocycles. The van der Waals surface area contributed by atoms with Gasteiger partial charge in [0.15, 0.2) is 0 Å². The van der Waals surface area contributed by atoms with Crippen molar-refractivity contribution in [2.75, 3.05) is 7.05 Å². The van der Waals surface area contributed by atoms with Gasteiger partial charge in [-0.15, -0.1) is 11.3 Å². The van der Waals surface area contributed by atoms with Crippen molar-refractivity contribution in [1.29, 1.82) is 0 Å². The van der Waals surface area contributed by atoms with E-state index in [1.165, 1.54) is 30.5 Å². The van der Waals surface area contributed by atoms with Crippen LogP contribution in [0.2, 0.25) is 0 Å². The molecule has 19 heavy (non-hydrogen) atoms. The lowest BCUT2D eigenvalue weighted by atomic mass is 9.98. The first-order chi connectivity index (χ1) is 9.02. The zero-order chi connectivity index (χ0) is 14.0. The minimum Gasteiger partial charge on any atom is -0.313 e. The molecule has 2 aromatic rings. The Balaban J connectivity index is 2.30. The van der Waals surface area contributed by atoms with E-state index >= 15 is 0 Å². The molecule has 0 aliphatic rings. The minimum atomic E-state index is 0.348. The Morgan fingerprint density at radius 2 is 1.84 bits per heavy atom. The first-order valence-corrected chi connectivity index (χ1v) is 8.65. The quantitative estimate of drug-likeness (QED) is 0.722. The van der Waals surface area contributed by atoms with Gasteiger partial charge in [0.2, 0.25) is 0 Å². The van der Waals surface area contributed by atoms with Crippen molar-refractivity contribution in [3.8, 4) is 0 Å². The molecule has 4 heteroatoms. The first-order valence-electron chi connectivity index (χ1n) is 6.18. The number of hydrogen-bond donors (Lipinski definition) is 1. The van der Waals surface area contributed by atoms with Crippen molar-refractivity contribution in [1.82, 2.24) is 5.32 Å². The lowest BCUT2D eigenvalue weighted by molar-refractivity contribution is 0.595. The van der Waals surface area contributed by atoms with Gasteiger partial charge in [-0.2, -0.15) is 0 Å². The fourth-order valence-corrected chi connectivity index (χ4v) is 4.01. The average molecular weight is 403 g/mol. The van der Waals surface area contributed by atoms with E-state index in [4.69, 9.17) is 0 Å². The topological polar surface area (TPSA) is 12.0 Å². The number of nitrogens with one attached hydrogen (secondary N) is 1. The van der Waals surface area contributed by atoms with Crippen LogP contribution in [0.3, 0.4) is 0 Å². The number of hydrogen-bond acceptors (Lipinski definition) is 2. The first kappa shape index (κ1) is 15.2. The standard InChI is InChI=1S/C15H17Br2NS/c1-9-6-11(7-10(2)15(9)17)13(18-3)8-14-12(16)4-5-19-14/h4-7,13,18H,8H2,1-3H3. The Morgan fingerprint density at radius 1 is 1.21 bits per heavy atom. The molecule has 0 aliphatic heterocycles. The van der Waals surface area contributed by atoms with Gasteiger partial charge in [0, 0.05) is 26.3 Å². The summed E-state index contributed by atoms with van der Waals surface area (Å²) >= 11 is 9.05. The van der Waals surface area contributed by atoms with Crippen LogP contribution < -0.4 is 5.32 Å². The maximum absolute atomic E-state index is 3.63. The zero-order valence-corrected chi connectivity index (χ0v) is 15.2. The predicted octanol–water partition coefficient (Wildman–Crippen LogP) is 5.39. The Kier molecular flexibility index (Phi) is 5.23. The molecule has 0 fully saturated rings. The summed E-state index contributed by atoms with van der Waals surface area (Å²) in [4.78, 5) is 1.39. The van der Waals surface area contributed by atoms with E-state index in [1.54, 1.807) is 11.3 Å². The van der Waals surface area contributed by atoms with E-state index in [2.05, 4.69) is 74.6 Å². The molecule has 0 spiro atoms. The van der Waals surface area contributed by atoms with Crippen LogP contribution in [-0.4, -0.2) is 7.05 Å². The SMILES string of the molecule is CNC(Cc1sccc1Br)c1cc(C)c(Br)c(C)c1. The second kappa shape index (κ2) is 6.53. The van der Waals surface area contributed by atoms with Crippen molar-refractivity contribution in [2.24, 2.45) is 0 Å². The van der Waals surface area contributed by atoms with Gasteiger partial charge >= 0.3 is 0 Å². The summed E-state index contributed by atoms with van der Waals surface area (Å²) in [7, 11) is 2.03. The summed E-state index contributed by atoms with van der Waals surface area (Å²) in [5, 5.41) is 5.56. The van der Waals surface area contributed by atoms with Crippen LogP contribution in [-0.2, 0) is 6.42 Å². The molecule has 1 unspecified atom stereocenters. The average Bonchev–Trinajstić information content (AvgIpc) is 2.78. The van der Waals surface area contributed by atoms with Crippen LogP contribution in [0, 0.1) is 13.8 Å². The van der Waals surface area contributed by atoms with Gasteiger partial charge in [-0.25, -0.2) is 0 Å². The molecule has 1 N–H and O–H groups in total. The third-order valence-corrected chi connectivity index (χ3v) is 6.49. The van der Waals surface area contributed by atoms with Crippen molar-refractivity contribution in [2.45, 2.75) is 26.3 Å². The molecule has 0 amide bonds. The molecule has 2 rings (SSSR count). The molecule has 1 aromatic heterocycles. The van der Waals surface area contributed by atoms with E-state index in [-0.39, 0.29) is 0 Å². The number of aryl methyl sites for hydroxylation is 2. The fourth-order valence-electron chi connectivity index (χ4n) is 2.22. The van der Waals surface area contributed by atoms with Crippen LogP contribution in [0.4, 0.5) is 0 Å². The van der Waals surface area contributed by atoms with E-state index in [0.717, 1.165) is 6.42 Å². The summed E-state index contributed by atoms with van der Waals surface area (Å²) in [6.07, 6.45) is 1.01. The van der Waals surface area contributed by atoms with Crippen molar-refractivity contribution in [3.05, 3.63) is 54.1 Å². The zero-order valence-electron chi connectivity index (χ0n) is 11.3. The van der Waals surface area contributed by atoms with Crippen molar-refractivity contribution in [3.63, 3.8) is 0 Å². The number of halogens is 2. The highest BCUT2D eigenvalue weighted by atomic mass is 79.9. The highest BCUT2D eigenvalue weighted by molar-refractivity contribution is 9.10. The van der Waals surface area contributed by atoms with Crippen molar-refractivity contribution < 1.29 is 0 Å². The Morgan fingerprint density at radius 3 is 2.32 bits per heavy atom. The third-order valence-electron chi connectivity index (χ3n) is 3.29. The lowest BCUT2D eigenvalue weighted by Gasteiger charge is -2.18. The van der Waals surface area contributed by atoms with Gasteiger partial charge in [-0.3, -0.25) is 0 Å². The summed E-state index contributed by atoms with van der Waals surface area (Å²) in [6, 6.07) is 6.99. The van der Waals surface area contributed by atoms with Crippen LogP contribution >= 0.6 is 43.2 Å². The second-order valence-electron chi connectivity index (χ2n) is 4.71. The number of rotatable bonds is 4. The molecule has 102 valence electrons. The lowest BCUT2D eigenvalue weighted by Crippen LogP contribution is -2.19. The normalized spacial score (nSPS) is 12.7. The van der Waals surface area contributed by atoms with E-state index in [0.29, 0.717) is 6.04 Å². The second-order valence-corrected chi connectivity index (χ2v) is 7.35. The molecule has 1 aromatic carbocycles. The summed E-state index contributed by atoms with van der Waals surface area (Å²) < 4.78 is 2.42. The number of likely N-dealkylation sites (N-methyl/N-ethyl adjacent to an activating group) is 1. The monoisotopic (exact) mass is 401 g/mol. The highest BCUT2D eigenvalue weighted by Gasteiger charge is 2.14. The molecule has 0 saturated carbocycles. The molecular formula is C15H17Br2NS. The molecule has 0 aliphatic carbocycles. The fraction of sp³-hybridized carbons (Fsp3) is 0.333. The summed E-state index contributed by atoms with van der Waals surface area (Å²) in [5.41, 5.74) is 3.93. The van der Waals surface area contributed by atoms with E-state index in [9.17, 15) is 0 Å². The Bertz CT molecular complexity index is 554. The third kappa shape index (κ3) is 3.48. The van der Waals surface area contributed by atoms with Crippen LogP contribution in [0.5, 0.6) is 0 Å². The maximum Gasteiger partial charge on any atom is 0.0366 e. The molecule has 1 nitrogen and oxygen atoms in total. The van der Waals surface area contributed by atoms with Gasteiger partial charge in [-0.1, -0.05) is 28.1 Å². The van der Waals surface area contributed by atoms with Crippen LogP contribution in [0.1, 0.15) is 27.6 Å². The largest absolute Gasteiger partial charge is 0.313 e. The number of thiophene rings is 1.